The molecule has 4 fully saturated rings. The number of methoxy groups -OCH3 is 3. The van der Waals surface area contributed by atoms with Crippen LogP contribution >= 0.6 is 11.6 Å². The maximum absolute atomic E-state index is 14.4. The number of primary amides is 1. The first-order valence-corrected chi connectivity index (χ1v) is 21.0. The second-order valence-corrected chi connectivity index (χ2v) is 16.9. The van der Waals surface area contributed by atoms with Gasteiger partial charge in [0.1, 0.15) is 47.4 Å². The van der Waals surface area contributed by atoms with Gasteiger partial charge in [0.2, 0.25) is 11.8 Å². The zero-order valence-electron chi connectivity index (χ0n) is 34.3. The summed E-state index contributed by atoms with van der Waals surface area (Å²) in [6.07, 6.45) is 9.83. The third-order valence-corrected chi connectivity index (χ3v) is 12.3. The molecule has 2 unspecified atom stereocenters. The number of carbonyl (C=O) groups excluding carboxylic acids is 4. The molecule has 6 rings (SSSR count). The van der Waals surface area contributed by atoms with Gasteiger partial charge >= 0.3 is 12.1 Å². The van der Waals surface area contributed by atoms with Gasteiger partial charge < -0.3 is 44.4 Å². The molecule has 1 aromatic heterocycles. The molecule has 3 aliphatic carbocycles. The summed E-state index contributed by atoms with van der Waals surface area (Å²) in [6.45, 7) is 4.08. The highest BCUT2D eigenvalue weighted by Gasteiger charge is 2.48. The number of rotatable bonds is 21. The van der Waals surface area contributed by atoms with Crippen LogP contribution in [-0.4, -0.2) is 98.8 Å². The average Bonchev–Trinajstić information content (AvgIpc) is 4.05. The Balaban J connectivity index is 1.13. The summed E-state index contributed by atoms with van der Waals surface area (Å²) in [7, 11) is 4.47. The Hall–Kier alpha value is -4.14. The second-order valence-electron chi connectivity index (χ2n) is 16.6. The fourth-order valence-electron chi connectivity index (χ4n) is 8.60. The number of nitrogens with two attached hydrogens (primary N) is 1. The minimum atomic E-state index is -0.945. The molecule has 15 heteroatoms. The predicted molar refractivity (Wildman–Crippen MR) is 217 cm³/mol. The molecule has 8 atom stereocenters. The number of carbonyl (C=O) groups is 4. The van der Waals surface area contributed by atoms with E-state index < -0.39 is 42.4 Å². The van der Waals surface area contributed by atoms with E-state index in [1.54, 1.807) is 18.2 Å². The number of nitrogens with one attached hydrogen (secondary N) is 1. The first-order chi connectivity index (χ1) is 27.9. The molecule has 14 nitrogen and oxygen atoms in total. The Morgan fingerprint density at radius 1 is 0.948 bits per heavy atom. The highest BCUT2D eigenvalue weighted by atomic mass is 35.5. The molecule has 1 aromatic carbocycles. The van der Waals surface area contributed by atoms with Crippen LogP contribution in [0.15, 0.2) is 23.8 Å². The lowest BCUT2D eigenvalue weighted by atomic mass is 10.0. The fraction of sp³-hybridized carbons (Fsp3) is 0.651. The van der Waals surface area contributed by atoms with Crippen LogP contribution in [0.3, 0.4) is 0 Å². The van der Waals surface area contributed by atoms with Crippen LogP contribution in [0.25, 0.3) is 17.0 Å². The highest BCUT2D eigenvalue weighted by Crippen LogP contribution is 2.52. The Morgan fingerprint density at radius 2 is 1.67 bits per heavy atom. The number of pyridine rings is 1. The van der Waals surface area contributed by atoms with Gasteiger partial charge in [-0.25, -0.2) is 9.78 Å². The van der Waals surface area contributed by atoms with Gasteiger partial charge in [-0.05, 0) is 88.3 Å². The molecule has 3 saturated carbocycles. The normalized spacial score (nSPS) is 24.9. The van der Waals surface area contributed by atoms with Crippen molar-refractivity contribution in [2.45, 2.75) is 121 Å². The Bertz CT molecular complexity index is 1820. The van der Waals surface area contributed by atoms with Crippen LogP contribution in [0.5, 0.6) is 11.5 Å². The summed E-state index contributed by atoms with van der Waals surface area (Å²) in [6, 6.07) is 3.47. The molecule has 318 valence electrons. The lowest BCUT2D eigenvalue weighted by molar-refractivity contribution is -0.142. The predicted octanol–water partition coefficient (Wildman–Crippen LogP) is 6.58. The van der Waals surface area contributed by atoms with Crippen molar-refractivity contribution >= 4 is 52.5 Å². The van der Waals surface area contributed by atoms with Gasteiger partial charge in [0, 0.05) is 32.1 Å². The number of allylic oxidation sites excluding steroid dienone is 1. The van der Waals surface area contributed by atoms with Gasteiger partial charge in [-0.2, -0.15) is 0 Å². The minimum absolute atomic E-state index is 0.0460. The molecule has 1 saturated heterocycles. The minimum Gasteiger partial charge on any atom is -0.488 e. The quantitative estimate of drug-likeness (QED) is 0.0790. The zero-order valence-corrected chi connectivity index (χ0v) is 35.1. The number of fused-ring (bicyclic) bond motifs is 2. The Morgan fingerprint density at radius 3 is 2.36 bits per heavy atom. The number of amides is 3. The first-order valence-electron chi connectivity index (χ1n) is 20.7. The molecule has 2 heterocycles. The molecule has 3 amide bonds. The van der Waals surface area contributed by atoms with Gasteiger partial charge in [0.25, 0.3) is 0 Å². The van der Waals surface area contributed by atoms with Crippen molar-refractivity contribution in [3.05, 3.63) is 34.5 Å². The second kappa shape index (κ2) is 19.7. The van der Waals surface area contributed by atoms with Crippen molar-refractivity contribution in [3.63, 3.8) is 0 Å². The van der Waals surface area contributed by atoms with E-state index in [0.717, 1.165) is 56.9 Å². The summed E-state index contributed by atoms with van der Waals surface area (Å²) in [5.41, 5.74) is 7.98. The lowest BCUT2D eigenvalue weighted by Gasteiger charge is -2.28. The molecule has 0 radical (unpaired) electrons. The lowest BCUT2D eigenvalue weighted by Crippen LogP contribution is -2.53. The zero-order chi connectivity index (χ0) is 41.5. The summed E-state index contributed by atoms with van der Waals surface area (Å²) < 4.78 is 33.6. The molecule has 58 heavy (non-hydrogen) atoms. The van der Waals surface area contributed by atoms with Crippen molar-refractivity contribution in [2.24, 2.45) is 29.4 Å². The molecule has 4 aliphatic rings. The average molecular weight is 827 g/mol. The van der Waals surface area contributed by atoms with E-state index >= 15 is 0 Å². The maximum Gasteiger partial charge on any atom is 0.408 e. The number of likely N-dealkylation sites (tertiary alicyclic amines) is 1. The Labute approximate surface area is 345 Å². The van der Waals surface area contributed by atoms with E-state index in [0.29, 0.717) is 58.7 Å². The summed E-state index contributed by atoms with van der Waals surface area (Å²) in [4.78, 5) is 58.4. The van der Waals surface area contributed by atoms with E-state index in [2.05, 4.69) is 5.32 Å². The standard InChI is InChI=1S/C43H59ClN4O10/c1-24(2)15-28-20-36(31-13-14-35(38(44)39(31)46-28)56-23-37(53-3)54-4)57-30-21-34(40(45)49)48(22-30)41(50)33(47-43(52)58-29-17-26-16-27(26)18-29)12-10-8-6-7-9-11-25-19-32(25)42(51)55-5/h13-15,20,25-27,29-30,32-34,37H,6-12,16-19,21-23H2,1-5H3,(H2,45,49)(H,47,52)/t25-,26-,27+,29?,30?,32+,33+,34+/m1/s1. The van der Waals surface area contributed by atoms with Gasteiger partial charge in [-0.15, -0.1) is 0 Å². The van der Waals surface area contributed by atoms with Crippen molar-refractivity contribution in [3.8, 4) is 11.5 Å². The number of halogens is 1. The van der Waals surface area contributed by atoms with E-state index in [-0.39, 0.29) is 42.6 Å². The summed E-state index contributed by atoms with van der Waals surface area (Å²) in [5.74, 6) is 1.41. The number of aromatic nitrogens is 1. The van der Waals surface area contributed by atoms with Gasteiger partial charge in [0.05, 0.1) is 30.8 Å². The molecule has 3 N–H and O–H groups in total. The number of nitrogens with zero attached hydrogens (tertiary/aromatic N) is 2. The summed E-state index contributed by atoms with van der Waals surface area (Å²) in [5, 5.41) is 3.76. The van der Waals surface area contributed by atoms with E-state index in [9.17, 15) is 19.2 Å². The summed E-state index contributed by atoms with van der Waals surface area (Å²) >= 11 is 6.87. The van der Waals surface area contributed by atoms with Crippen LogP contribution in [0.1, 0.15) is 96.6 Å². The molecule has 1 aliphatic heterocycles. The maximum atomic E-state index is 14.4. The third kappa shape index (κ3) is 11.1. The first kappa shape index (κ1) is 43.4. The van der Waals surface area contributed by atoms with Crippen molar-refractivity contribution in [1.82, 2.24) is 15.2 Å². The van der Waals surface area contributed by atoms with Gasteiger partial charge in [-0.1, -0.05) is 49.3 Å². The Kier molecular flexibility index (Phi) is 14.8. The SMILES string of the molecule is COC(=O)[C@H]1C[C@H]1CCCCCCC[C@H](NC(=O)OC1C[C@@H]2C[C@@H]2C1)C(=O)N1CC(Oc2cc(C=C(C)C)nc3c(Cl)c(OCC(OC)OC)ccc23)C[C@H]1C(N)=O. The number of esters is 1. The fourth-order valence-corrected chi connectivity index (χ4v) is 8.87. The van der Waals surface area contributed by atoms with Crippen LogP contribution < -0.4 is 20.5 Å². The molecular formula is C43H59ClN4O10. The van der Waals surface area contributed by atoms with Gasteiger partial charge in [0.15, 0.2) is 6.29 Å². The number of unbranched alkanes of at least 4 members (excludes halogenated alkanes) is 4. The van der Waals surface area contributed by atoms with Gasteiger partial charge in [-0.3, -0.25) is 14.4 Å². The highest BCUT2D eigenvalue weighted by molar-refractivity contribution is 6.36. The third-order valence-electron chi connectivity index (χ3n) is 11.9. The molecule has 0 bridgehead atoms. The molecule has 2 aromatic rings. The van der Waals surface area contributed by atoms with E-state index in [1.165, 1.54) is 32.7 Å². The molecule has 0 spiro atoms. The van der Waals surface area contributed by atoms with Crippen LogP contribution in [0, 0.1) is 23.7 Å². The monoisotopic (exact) mass is 826 g/mol. The van der Waals surface area contributed by atoms with Crippen molar-refractivity contribution in [1.29, 1.82) is 0 Å². The number of hydrogen-bond donors (Lipinski definition) is 2. The number of alkyl carbamates (subject to hydrolysis) is 1. The molecular weight excluding hydrogens is 768 g/mol. The van der Waals surface area contributed by atoms with Crippen LogP contribution in [-0.2, 0) is 33.3 Å². The largest absolute Gasteiger partial charge is 0.488 e. The number of hydrogen-bond acceptors (Lipinski definition) is 11. The van der Waals surface area contributed by atoms with E-state index in [1.807, 2.05) is 19.9 Å². The van der Waals surface area contributed by atoms with Crippen LogP contribution in [0.2, 0.25) is 5.02 Å². The van der Waals surface area contributed by atoms with Crippen LogP contribution in [0.4, 0.5) is 4.79 Å². The topological polar surface area (TPSA) is 178 Å². The number of benzene rings is 1. The smallest absolute Gasteiger partial charge is 0.408 e. The number of ether oxygens (including phenoxy) is 6. The van der Waals surface area contributed by atoms with Crippen molar-refractivity contribution < 1.29 is 47.6 Å². The van der Waals surface area contributed by atoms with Crippen molar-refractivity contribution in [2.75, 3.05) is 34.5 Å². The van der Waals surface area contributed by atoms with E-state index in [4.69, 9.17) is 50.7 Å².